The first-order valence-corrected chi connectivity index (χ1v) is 6.06. The van der Waals surface area contributed by atoms with Gasteiger partial charge in [0.2, 0.25) is 11.7 Å². The number of unbranched alkanes of at least 4 members (excludes halogenated alkanes) is 1. The third kappa shape index (κ3) is 3.95. The van der Waals surface area contributed by atoms with Gasteiger partial charge >= 0.3 is 5.69 Å². The summed E-state index contributed by atoms with van der Waals surface area (Å²) < 4.78 is 26.6. The number of nitro benzene ring substituents is 1. The lowest BCUT2D eigenvalue weighted by atomic mass is 10.1. The molecule has 0 fully saturated rings. The number of carbonyl (C=O) groups excluding carboxylic acids is 1. The van der Waals surface area contributed by atoms with Crippen LogP contribution in [-0.2, 0) is 4.79 Å². The van der Waals surface area contributed by atoms with Gasteiger partial charge in [0, 0.05) is 12.1 Å². The van der Waals surface area contributed by atoms with E-state index in [1.54, 1.807) is 0 Å². The van der Waals surface area contributed by atoms with E-state index in [1.807, 2.05) is 6.92 Å². The first kappa shape index (κ1) is 16.0. The van der Waals surface area contributed by atoms with Crippen LogP contribution in [0.1, 0.15) is 26.2 Å². The molecular weight excluding hydrogens is 272 g/mol. The maximum atomic E-state index is 13.5. The molecule has 20 heavy (non-hydrogen) atoms. The molecule has 8 heteroatoms. The highest BCUT2D eigenvalue weighted by molar-refractivity contribution is 5.95. The fraction of sp³-hybridized carbons (Fsp3) is 0.417. The molecule has 0 aliphatic rings. The molecule has 1 aromatic rings. The summed E-state index contributed by atoms with van der Waals surface area (Å²) in [5.74, 6) is -3.07. The second-order valence-corrected chi connectivity index (χ2v) is 4.28. The van der Waals surface area contributed by atoms with Gasteiger partial charge in [-0.2, -0.15) is 4.39 Å². The Morgan fingerprint density at radius 1 is 1.45 bits per heavy atom. The van der Waals surface area contributed by atoms with Crippen LogP contribution in [-0.4, -0.2) is 16.9 Å². The van der Waals surface area contributed by atoms with Gasteiger partial charge < -0.3 is 11.1 Å². The number of hydrogen-bond acceptors (Lipinski definition) is 4. The SMILES string of the molecule is CCCC[C@H](N)C(=O)Nc1cc([N+](=O)[O-])c(F)cc1F. The molecule has 1 atom stereocenters. The van der Waals surface area contributed by atoms with E-state index in [9.17, 15) is 23.7 Å². The lowest BCUT2D eigenvalue weighted by Crippen LogP contribution is -2.35. The molecule has 0 aromatic heterocycles. The summed E-state index contributed by atoms with van der Waals surface area (Å²) in [6.07, 6.45) is 1.98. The smallest absolute Gasteiger partial charge is 0.307 e. The molecule has 0 radical (unpaired) electrons. The van der Waals surface area contributed by atoms with Crippen molar-refractivity contribution in [1.29, 1.82) is 0 Å². The van der Waals surface area contributed by atoms with Gasteiger partial charge in [-0.1, -0.05) is 19.8 Å². The number of amides is 1. The second kappa shape index (κ2) is 6.90. The van der Waals surface area contributed by atoms with E-state index in [-0.39, 0.29) is 0 Å². The molecule has 1 amide bonds. The number of rotatable bonds is 6. The number of carbonyl (C=O) groups is 1. The number of benzene rings is 1. The van der Waals surface area contributed by atoms with E-state index >= 15 is 0 Å². The fourth-order valence-corrected chi connectivity index (χ4v) is 1.55. The van der Waals surface area contributed by atoms with Gasteiger partial charge in [-0.05, 0) is 6.42 Å². The van der Waals surface area contributed by atoms with Crippen LogP contribution in [0.15, 0.2) is 12.1 Å². The van der Waals surface area contributed by atoms with Crippen molar-refractivity contribution in [2.45, 2.75) is 32.2 Å². The van der Waals surface area contributed by atoms with Crippen LogP contribution in [0.25, 0.3) is 0 Å². The van der Waals surface area contributed by atoms with Crippen molar-refractivity contribution in [2.24, 2.45) is 5.73 Å². The predicted molar refractivity (Wildman–Crippen MR) is 69.1 cm³/mol. The van der Waals surface area contributed by atoms with Crippen molar-refractivity contribution < 1.29 is 18.5 Å². The quantitative estimate of drug-likeness (QED) is 0.619. The number of hydrogen-bond donors (Lipinski definition) is 2. The summed E-state index contributed by atoms with van der Waals surface area (Å²) in [7, 11) is 0. The Balaban J connectivity index is 2.89. The molecule has 110 valence electrons. The molecule has 0 unspecified atom stereocenters. The van der Waals surface area contributed by atoms with E-state index in [4.69, 9.17) is 5.73 Å². The summed E-state index contributed by atoms with van der Waals surface area (Å²) in [5, 5.41) is 12.7. The lowest BCUT2D eigenvalue weighted by Gasteiger charge is -2.12. The van der Waals surface area contributed by atoms with Crippen LogP contribution in [0.2, 0.25) is 0 Å². The zero-order chi connectivity index (χ0) is 15.3. The molecule has 0 spiro atoms. The standard InChI is InChI=1S/C12H15F2N3O3/c1-2-3-4-9(15)12(18)16-10-6-11(17(19)20)8(14)5-7(10)13/h5-6,9H,2-4,15H2,1H3,(H,16,18)/t9-/m0/s1. The molecule has 0 heterocycles. The Kier molecular flexibility index (Phi) is 5.51. The van der Waals surface area contributed by atoms with E-state index in [0.717, 1.165) is 12.8 Å². The van der Waals surface area contributed by atoms with Crippen molar-refractivity contribution >= 4 is 17.3 Å². The zero-order valence-electron chi connectivity index (χ0n) is 10.9. The third-order valence-electron chi connectivity index (χ3n) is 2.70. The summed E-state index contributed by atoms with van der Waals surface area (Å²) in [5.41, 5.74) is 4.21. The Hall–Kier alpha value is -2.09. The predicted octanol–water partition coefficient (Wildman–Crippen LogP) is 2.33. The first-order chi connectivity index (χ1) is 9.36. The molecule has 0 bridgehead atoms. The van der Waals surface area contributed by atoms with Crippen molar-refractivity contribution in [3.05, 3.63) is 33.9 Å². The maximum absolute atomic E-state index is 13.5. The van der Waals surface area contributed by atoms with Gasteiger partial charge in [-0.3, -0.25) is 14.9 Å². The van der Waals surface area contributed by atoms with Gasteiger partial charge in [-0.15, -0.1) is 0 Å². The van der Waals surface area contributed by atoms with Crippen LogP contribution in [0.5, 0.6) is 0 Å². The first-order valence-electron chi connectivity index (χ1n) is 6.06. The number of nitro groups is 1. The minimum absolute atomic E-state index is 0.352. The molecule has 0 saturated carbocycles. The molecule has 1 rings (SSSR count). The van der Waals surface area contributed by atoms with E-state index in [0.29, 0.717) is 18.6 Å². The van der Waals surface area contributed by atoms with E-state index in [2.05, 4.69) is 5.32 Å². The highest BCUT2D eigenvalue weighted by Gasteiger charge is 2.21. The number of halogens is 2. The fourth-order valence-electron chi connectivity index (χ4n) is 1.55. The zero-order valence-corrected chi connectivity index (χ0v) is 10.9. The van der Waals surface area contributed by atoms with Gasteiger partial charge in [-0.25, -0.2) is 4.39 Å². The summed E-state index contributed by atoms with van der Waals surface area (Å²) in [6.45, 7) is 1.92. The van der Waals surface area contributed by atoms with Crippen molar-refractivity contribution in [2.75, 3.05) is 5.32 Å². The molecule has 0 aliphatic heterocycles. The van der Waals surface area contributed by atoms with Gasteiger partial charge in [0.05, 0.1) is 16.7 Å². The third-order valence-corrected chi connectivity index (χ3v) is 2.70. The second-order valence-electron chi connectivity index (χ2n) is 4.28. The molecule has 6 nitrogen and oxygen atoms in total. The highest BCUT2D eigenvalue weighted by atomic mass is 19.1. The molecule has 1 aromatic carbocycles. The maximum Gasteiger partial charge on any atom is 0.307 e. The molecule has 0 aliphatic carbocycles. The van der Waals surface area contributed by atoms with Crippen LogP contribution < -0.4 is 11.1 Å². The number of nitrogens with two attached hydrogens (primary N) is 1. The number of nitrogens with zero attached hydrogens (tertiary/aromatic N) is 1. The van der Waals surface area contributed by atoms with E-state index < -0.39 is 39.9 Å². The molecule has 3 N–H and O–H groups in total. The summed E-state index contributed by atoms with van der Waals surface area (Å²) >= 11 is 0. The Bertz CT molecular complexity index is 523. The average Bonchev–Trinajstić information content (AvgIpc) is 2.38. The van der Waals surface area contributed by atoms with E-state index in [1.165, 1.54) is 0 Å². The highest BCUT2D eigenvalue weighted by Crippen LogP contribution is 2.25. The van der Waals surface area contributed by atoms with Gasteiger partial charge in [0.25, 0.3) is 0 Å². The van der Waals surface area contributed by atoms with Crippen LogP contribution in [0, 0.1) is 21.7 Å². The Morgan fingerprint density at radius 2 is 2.10 bits per heavy atom. The normalized spacial score (nSPS) is 12.0. The lowest BCUT2D eigenvalue weighted by molar-refractivity contribution is -0.387. The topological polar surface area (TPSA) is 98.3 Å². The van der Waals surface area contributed by atoms with Crippen LogP contribution >= 0.6 is 0 Å². The molecule has 0 saturated heterocycles. The largest absolute Gasteiger partial charge is 0.322 e. The van der Waals surface area contributed by atoms with Crippen molar-refractivity contribution in [1.82, 2.24) is 0 Å². The minimum atomic E-state index is -1.30. The van der Waals surface area contributed by atoms with Crippen molar-refractivity contribution in [3.8, 4) is 0 Å². The monoisotopic (exact) mass is 287 g/mol. The summed E-state index contributed by atoms with van der Waals surface area (Å²) in [6, 6.07) is 0.138. The summed E-state index contributed by atoms with van der Waals surface area (Å²) in [4.78, 5) is 21.2. The van der Waals surface area contributed by atoms with Gasteiger partial charge in [0.15, 0.2) is 0 Å². The average molecular weight is 287 g/mol. The minimum Gasteiger partial charge on any atom is -0.322 e. The Morgan fingerprint density at radius 3 is 2.65 bits per heavy atom. The van der Waals surface area contributed by atoms with Crippen LogP contribution in [0.4, 0.5) is 20.2 Å². The number of anilines is 1. The van der Waals surface area contributed by atoms with Crippen LogP contribution in [0.3, 0.4) is 0 Å². The number of nitrogens with one attached hydrogen (secondary N) is 1. The van der Waals surface area contributed by atoms with Gasteiger partial charge in [0.1, 0.15) is 5.82 Å². The Labute approximate surface area is 114 Å². The van der Waals surface area contributed by atoms with Crippen molar-refractivity contribution in [3.63, 3.8) is 0 Å². The molecular formula is C12H15F2N3O3.